The van der Waals surface area contributed by atoms with Crippen LogP contribution in [0.5, 0.6) is 0 Å². The lowest BCUT2D eigenvalue weighted by Gasteiger charge is -2.32. The molecule has 1 amide bonds. The predicted octanol–water partition coefficient (Wildman–Crippen LogP) is 1.63. The Kier molecular flexibility index (Phi) is 4.64. The molecular weight excluding hydrogens is 275 g/mol. The van der Waals surface area contributed by atoms with Crippen LogP contribution in [0.1, 0.15) is 18.9 Å². The maximum Gasteiger partial charge on any atom is 0.411 e. The van der Waals surface area contributed by atoms with E-state index in [-0.39, 0.29) is 6.04 Å². The van der Waals surface area contributed by atoms with Gasteiger partial charge >= 0.3 is 6.18 Å². The first-order valence-electron chi connectivity index (χ1n) is 6.37. The minimum atomic E-state index is -4.40. The predicted molar refractivity (Wildman–Crippen MR) is 64.0 cm³/mol. The fourth-order valence-corrected chi connectivity index (χ4v) is 2.24. The highest BCUT2D eigenvalue weighted by Crippen LogP contribution is 2.21. The molecule has 0 spiro atoms. The molecule has 1 atom stereocenters. The molecule has 1 aromatic heterocycles. The van der Waals surface area contributed by atoms with Crippen molar-refractivity contribution in [2.45, 2.75) is 25.1 Å². The molecule has 2 rings (SSSR count). The molecule has 2 heterocycles. The Morgan fingerprint density at radius 3 is 2.90 bits per heavy atom. The number of alkyl halides is 3. The van der Waals surface area contributed by atoms with E-state index in [4.69, 9.17) is 0 Å². The van der Waals surface area contributed by atoms with Crippen LogP contribution in [-0.2, 0) is 9.53 Å². The Labute approximate surface area is 114 Å². The Morgan fingerprint density at radius 2 is 2.25 bits per heavy atom. The smallest absolute Gasteiger partial charge is 0.362 e. The number of piperidine rings is 1. The largest absolute Gasteiger partial charge is 0.411 e. The first-order chi connectivity index (χ1) is 9.46. The number of rotatable bonds is 4. The molecule has 0 saturated carbocycles. The molecule has 0 aliphatic carbocycles. The number of nitrogens with zero attached hydrogens (tertiary/aromatic N) is 3. The number of halogens is 3. The minimum absolute atomic E-state index is 0.0744. The van der Waals surface area contributed by atoms with Crippen molar-refractivity contribution in [2.75, 3.05) is 26.3 Å². The number of hydrogen-bond donors (Lipinski definition) is 0. The van der Waals surface area contributed by atoms with Crippen molar-refractivity contribution in [2.24, 2.45) is 0 Å². The molecule has 112 valence electrons. The number of amides is 1. The van der Waals surface area contributed by atoms with Crippen molar-refractivity contribution in [1.29, 1.82) is 0 Å². The van der Waals surface area contributed by atoms with Gasteiger partial charge in [-0.15, -0.1) is 0 Å². The van der Waals surface area contributed by atoms with Crippen LogP contribution in [0.4, 0.5) is 13.2 Å². The van der Waals surface area contributed by atoms with Crippen molar-refractivity contribution in [3.63, 3.8) is 0 Å². The molecule has 1 unspecified atom stereocenters. The zero-order valence-electron chi connectivity index (χ0n) is 10.8. The van der Waals surface area contributed by atoms with Crippen LogP contribution in [0, 0.1) is 0 Å². The van der Waals surface area contributed by atoms with Crippen LogP contribution >= 0.6 is 0 Å². The van der Waals surface area contributed by atoms with E-state index in [0.717, 1.165) is 12.8 Å². The first kappa shape index (κ1) is 14.8. The van der Waals surface area contributed by atoms with Crippen molar-refractivity contribution in [3.05, 3.63) is 18.5 Å². The van der Waals surface area contributed by atoms with Gasteiger partial charge in [-0.05, 0) is 18.9 Å². The highest BCUT2D eigenvalue weighted by Gasteiger charge is 2.29. The van der Waals surface area contributed by atoms with Crippen molar-refractivity contribution >= 4 is 5.91 Å². The summed E-state index contributed by atoms with van der Waals surface area (Å²) in [5.74, 6) is -0.411. The molecule has 0 radical (unpaired) electrons. The lowest BCUT2D eigenvalue weighted by molar-refractivity contribution is -0.178. The molecule has 5 nitrogen and oxygen atoms in total. The minimum Gasteiger partial charge on any atom is -0.362 e. The fourth-order valence-electron chi connectivity index (χ4n) is 2.24. The summed E-state index contributed by atoms with van der Waals surface area (Å²) in [7, 11) is 0. The number of ether oxygens (including phenoxy) is 1. The van der Waals surface area contributed by atoms with Gasteiger partial charge in [0.15, 0.2) is 0 Å². The summed E-state index contributed by atoms with van der Waals surface area (Å²) >= 11 is 0. The van der Waals surface area contributed by atoms with Gasteiger partial charge in [-0.3, -0.25) is 9.48 Å². The molecule has 8 heteroatoms. The van der Waals surface area contributed by atoms with E-state index < -0.39 is 25.3 Å². The summed E-state index contributed by atoms with van der Waals surface area (Å²) in [5.41, 5.74) is 0. The Bertz CT molecular complexity index is 434. The van der Waals surface area contributed by atoms with Gasteiger partial charge < -0.3 is 9.64 Å². The third-order valence-electron chi connectivity index (χ3n) is 3.14. The van der Waals surface area contributed by atoms with Crippen LogP contribution in [0.15, 0.2) is 18.5 Å². The van der Waals surface area contributed by atoms with E-state index in [9.17, 15) is 18.0 Å². The van der Waals surface area contributed by atoms with E-state index >= 15 is 0 Å². The number of carbonyl (C=O) groups is 1. The van der Waals surface area contributed by atoms with Gasteiger partial charge in [-0.1, -0.05) is 0 Å². The Morgan fingerprint density at radius 1 is 1.45 bits per heavy atom. The first-order valence-corrected chi connectivity index (χ1v) is 6.37. The summed E-state index contributed by atoms with van der Waals surface area (Å²) in [5, 5.41) is 4.13. The van der Waals surface area contributed by atoms with Gasteiger partial charge in [0.1, 0.15) is 13.2 Å². The molecule has 20 heavy (non-hydrogen) atoms. The van der Waals surface area contributed by atoms with E-state index in [1.807, 2.05) is 6.20 Å². The average molecular weight is 291 g/mol. The van der Waals surface area contributed by atoms with Crippen LogP contribution in [0.25, 0.3) is 0 Å². The lowest BCUT2D eigenvalue weighted by atomic mass is 10.1. The number of hydrogen-bond acceptors (Lipinski definition) is 3. The van der Waals surface area contributed by atoms with Crippen LogP contribution in [0.2, 0.25) is 0 Å². The molecule has 1 aliphatic rings. The normalized spacial score (nSPS) is 20.1. The second-order valence-electron chi connectivity index (χ2n) is 4.73. The second-order valence-corrected chi connectivity index (χ2v) is 4.73. The molecule has 1 saturated heterocycles. The standard InChI is InChI=1S/C12H16F3N3O2/c13-12(14,15)9-20-8-11(19)17-5-1-3-10(7-17)18-6-2-4-16-18/h2,4,6,10H,1,3,5,7-9H2. The SMILES string of the molecule is O=C(COCC(F)(F)F)N1CCCC(n2cccn2)C1. The maximum atomic E-state index is 11.9. The highest BCUT2D eigenvalue weighted by molar-refractivity contribution is 5.77. The van der Waals surface area contributed by atoms with Crippen LogP contribution in [-0.4, -0.2) is 53.1 Å². The van der Waals surface area contributed by atoms with Gasteiger partial charge in [0, 0.05) is 25.5 Å². The van der Waals surface area contributed by atoms with Gasteiger partial charge in [-0.2, -0.15) is 18.3 Å². The van der Waals surface area contributed by atoms with E-state index in [0.29, 0.717) is 13.1 Å². The van der Waals surface area contributed by atoms with Crippen molar-refractivity contribution in [1.82, 2.24) is 14.7 Å². The average Bonchev–Trinajstić information content (AvgIpc) is 2.91. The molecule has 1 fully saturated rings. The Balaban J connectivity index is 1.81. The topological polar surface area (TPSA) is 47.4 Å². The molecule has 0 bridgehead atoms. The third-order valence-corrected chi connectivity index (χ3v) is 3.14. The number of carbonyl (C=O) groups excluding carboxylic acids is 1. The highest BCUT2D eigenvalue weighted by atomic mass is 19.4. The number of likely N-dealkylation sites (tertiary alicyclic amines) is 1. The molecule has 0 aromatic carbocycles. The molecular formula is C12H16F3N3O2. The number of aromatic nitrogens is 2. The van der Waals surface area contributed by atoms with Gasteiger partial charge in [0.25, 0.3) is 0 Å². The summed E-state index contributed by atoms with van der Waals surface area (Å²) in [6.07, 6.45) is 0.774. The second kappa shape index (κ2) is 6.25. The van der Waals surface area contributed by atoms with Crippen LogP contribution < -0.4 is 0 Å². The zero-order chi connectivity index (χ0) is 14.6. The third kappa shape index (κ3) is 4.22. The summed E-state index contributed by atoms with van der Waals surface area (Å²) < 4.78 is 42.0. The molecule has 1 aromatic rings. The molecule has 1 aliphatic heterocycles. The van der Waals surface area contributed by atoms with E-state index in [1.165, 1.54) is 4.90 Å². The van der Waals surface area contributed by atoms with Gasteiger partial charge in [0.05, 0.1) is 6.04 Å². The van der Waals surface area contributed by atoms with Crippen molar-refractivity contribution in [3.8, 4) is 0 Å². The zero-order valence-corrected chi connectivity index (χ0v) is 10.8. The summed E-state index contributed by atoms with van der Waals surface area (Å²) in [4.78, 5) is 13.3. The van der Waals surface area contributed by atoms with Crippen LogP contribution in [0.3, 0.4) is 0 Å². The van der Waals surface area contributed by atoms with Crippen molar-refractivity contribution < 1.29 is 22.7 Å². The van der Waals surface area contributed by atoms with Gasteiger partial charge in [0.2, 0.25) is 5.91 Å². The summed E-state index contributed by atoms with van der Waals surface area (Å²) in [6, 6.07) is 1.87. The lowest BCUT2D eigenvalue weighted by Crippen LogP contribution is -2.42. The van der Waals surface area contributed by atoms with E-state index in [1.54, 1.807) is 16.9 Å². The monoisotopic (exact) mass is 291 g/mol. The quantitative estimate of drug-likeness (QED) is 0.847. The van der Waals surface area contributed by atoms with E-state index in [2.05, 4.69) is 9.84 Å². The maximum absolute atomic E-state index is 11.9. The van der Waals surface area contributed by atoms with Gasteiger partial charge in [-0.25, -0.2) is 0 Å². The Hall–Kier alpha value is -1.57. The summed E-state index contributed by atoms with van der Waals surface area (Å²) in [6.45, 7) is -0.928. The molecule has 0 N–H and O–H groups in total. The fraction of sp³-hybridized carbons (Fsp3) is 0.667.